The number of aryl methyl sites for hydroxylation is 1. The fraction of sp³-hybridized carbons (Fsp3) is 0.421. The van der Waals surface area contributed by atoms with Crippen LogP contribution >= 0.6 is 0 Å². The number of nitrogens with zero attached hydrogens (tertiary/aromatic N) is 3. The predicted molar refractivity (Wildman–Crippen MR) is 99.1 cm³/mol. The molecule has 1 fully saturated rings. The van der Waals surface area contributed by atoms with Crippen LogP contribution in [0.3, 0.4) is 0 Å². The van der Waals surface area contributed by atoms with Gasteiger partial charge in [0, 0.05) is 23.6 Å². The van der Waals surface area contributed by atoms with Crippen molar-refractivity contribution in [1.82, 2.24) is 20.0 Å². The molecule has 0 bridgehead atoms. The number of likely N-dealkylation sites (tertiary alicyclic amines) is 1. The minimum Gasteiger partial charge on any atom is -0.493 e. The van der Waals surface area contributed by atoms with Gasteiger partial charge in [-0.25, -0.2) is 0 Å². The first-order valence-electron chi connectivity index (χ1n) is 8.91. The molecule has 0 unspecified atom stereocenters. The molecule has 3 aromatic rings. The highest BCUT2D eigenvalue weighted by molar-refractivity contribution is 5.83. The van der Waals surface area contributed by atoms with Crippen LogP contribution in [0.25, 0.3) is 10.9 Å². The summed E-state index contributed by atoms with van der Waals surface area (Å²) in [6, 6.07) is 5.60. The van der Waals surface area contributed by atoms with Gasteiger partial charge in [-0.05, 0) is 38.4 Å². The van der Waals surface area contributed by atoms with Crippen LogP contribution in [0.4, 0.5) is 0 Å². The standard InChI is InChI=1S/C19H22N4O4/c1-11-20-19(27-22-11)15-5-4-6-23(15)10-13-7-12-8-16(25-2)17(26-3)9-14(12)21-18(13)24/h7-9,15H,4-6,10H2,1-3H3,(H,21,24)/t15-/m1/s1. The fourth-order valence-electron chi connectivity index (χ4n) is 3.66. The summed E-state index contributed by atoms with van der Waals surface area (Å²) in [5.74, 6) is 2.46. The van der Waals surface area contributed by atoms with E-state index < -0.39 is 0 Å². The number of hydrogen-bond acceptors (Lipinski definition) is 7. The lowest BCUT2D eigenvalue weighted by atomic mass is 10.1. The van der Waals surface area contributed by atoms with Gasteiger partial charge in [0.2, 0.25) is 5.89 Å². The Kier molecular flexibility index (Phi) is 4.57. The monoisotopic (exact) mass is 370 g/mol. The van der Waals surface area contributed by atoms with Crippen LogP contribution in [0.5, 0.6) is 11.5 Å². The highest BCUT2D eigenvalue weighted by Crippen LogP contribution is 2.33. The van der Waals surface area contributed by atoms with Crippen molar-refractivity contribution in [2.24, 2.45) is 0 Å². The molecule has 142 valence electrons. The van der Waals surface area contributed by atoms with E-state index in [1.165, 1.54) is 0 Å². The van der Waals surface area contributed by atoms with Crippen molar-refractivity contribution >= 4 is 10.9 Å². The van der Waals surface area contributed by atoms with Crippen molar-refractivity contribution in [2.45, 2.75) is 32.4 Å². The van der Waals surface area contributed by atoms with Crippen LogP contribution in [0.1, 0.15) is 36.2 Å². The zero-order valence-corrected chi connectivity index (χ0v) is 15.6. The Balaban J connectivity index is 1.67. The van der Waals surface area contributed by atoms with Crippen molar-refractivity contribution in [3.63, 3.8) is 0 Å². The number of methoxy groups -OCH3 is 2. The van der Waals surface area contributed by atoms with E-state index in [0.29, 0.717) is 40.8 Å². The maximum Gasteiger partial charge on any atom is 0.252 e. The molecule has 1 aromatic carbocycles. The molecular formula is C19H22N4O4. The molecule has 0 radical (unpaired) electrons. The highest BCUT2D eigenvalue weighted by Gasteiger charge is 2.31. The van der Waals surface area contributed by atoms with Gasteiger partial charge < -0.3 is 19.0 Å². The Morgan fingerprint density at radius 3 is 2.74 bits per heavy atom. The Morgan fingerprint density at radius 1 is 1.26 bits per heavy atom. The van der Waals surface area contributed by atoms with Crippen molar-refractivity contribution < 1.29 is 14.0 Å². The van der Waals surface area contributed by atoms with Gasteiger partial charge >= 0.3 is 0 Å². The molecular weight excluding hydrogens is 348 g/mol. The molecule has 3 heterocycles. The maximum absolute atomic E-state index is 12.6. The number of hydrogen-bond donors (Lipinski definition) is 1. The number of ether oxygens (including phenoxy) is 2. The zero-order valence-electron chi connectivity index (χ0n) is 15.6. The third-order valence-electron chi connectivity index (χ3n) is 4.99. The second-order valence-corrected chi connectivity index (χ2v) is 6.73. The van der Waals surface area contributed by atoms with Crippen LogP contribution < -0.4 is 15.0 Å². The number of aromatic amines is 1. The molecule has 27 heavy (non-hydrogen) atoms. The molecule has 1 atom stereocenters. The smallest absolute Gasteiger partial charge is 0.252 e. The number of H-pyrrole nitrogens is 1. The summed E-state index contributed by atoms with van der Waals surface area (Å²) in [5.41, 5.74) is 1.30. The lowest BCUT2D eigenvalue weighted by Crippen LogP contribution is -2.27. The molecule has 1 saturated heterocycles. The summed E-state index contributed by atoms with van der Waals surface area (Å²) in [4.78, 5) is 22.1. The first-order chi connectivity index (χ1) is 13.1. The zero-order chi connectivity index (χ0) is 19.0. The van der Waals surface area contributed by atoms with Crippen molar-refractivity contribution in [2.75, 3.05) is 20.8 Å². The van der Waals surface area contributed by atoms with E-state index >= 15 is 0 Å². The molecule has 0 saturated carbocycles. The average Bonchev–Trinajstić information content (AvgIpc) is 3.30. The van der Waals surface area contributed by atoms with E-state index in [1.807, 2.05) is 19.1 Å². The third-order valence-corrected chi connectivity index (χ3v) is 4.99. The lowest BCUT2D eigenvalue weighted by molar-refractivity contribution is 0.200. The summed E-state index contributed by atoms with van der Waals surface area (Å²) >= 11 is 0. The Morgan fingerprint density at radius 2 is 2.04 bits per heavy atom. The molecule has 0 spiro atoms. The number of fused-ring (bicyclic) bond motifs is 1. The quantitative estimate of drug-likeness (QED) is 0.738. The lowest BCUT2D eigenvalue weighted by Gasteiger charge is -2.21. The van der Waals surface area contributed by atoms with Crippen LogP contribution in [0, 0.1) is 6.92 Å². The molecule has 0 aliphatic carbocycles. The summed E-state index contributed by atoms with van der Waals surface area (Å²) < 4.78 is 16.0. The summed E-state index contributed by atoms with van der Waals surface area (Å²) in [7, 11) is 3.17. The molecule has 4 rings (SSSR count). The molecule has 8 heteroatoms. The van der Waals surface area contributed by atoms with E-state index in [4.69, 9.17) is 14.0 Å². The Labute approximate surface area is 156 Å². The van der Waals surface area contributed by atoms with Crippen molar-refractivity contribution in [3.8, 4) is 11.5 Å². The normalized spacial score (nSPS) is 17.5. The molecule has 2 aromatic heterocycles. The van der Waals surface area contributed by atoms with Gasteiger partial charge in [0.15, 0.2) is 17.3 Å². The predicted octanol–water partition coefficient (Wildman–Crippen LogP) is 2.57. The van der Waals surface area contributed by atoms with Gasteiger partial charge in [0.1, 0.15) is 0 Å². The van der Waals surface area contributed by atoms with E-state index in [1.54, 1.807) is 20.3 Å². The molecule has 8 nitrogen and oxygen atoms in total. The molecule has 1 N–H and O–H groups in total. The highest BCUT2D eigenvalue weighted by atomic mass is 16.5. The fourth-order valence-corrected chi connectivity index (χ4v) is 3.66. The third kappa shape index (κ3) is 3.28. The Bertz CT molecular complexity index is 1030. The summed E-state index contributed by atoms with van der Waals surface area (Å²) in [6.45, 7) is 3.21. The van der Waals surface area contributed by atoms with Gasteiger partial charge in [-0.1, -0.05) is 5.16 Å². The van der Waals surface area contributed by atoms with E-state index in [2.05, 4.69) is 20.0 Å². The first kappa shape index (κ1) is 17.5. The van der Waals surface area contributed by atoms with E-state index in [0.717, 1.165) is 24.8 Å². The topological polar surface area (TPSA) is 93.5 Å². The molecule has 1 aliphatic rings. The number of nitrogens with one attached hydrogen (secondary N) is 1. The number of pyridine rings is 1. The van der Waals surface area contributed by atoms with Crippen molar-refractivity contribution in [3.05, 3.63) is 45.8 Å². The Hall–Kier alpha value is -2.87. The van der Waals surface area contributed by atoms with Gasteiger partial charge in [0.05, 0.1) is 25.8 Å². The van der Waals surface area contributed by atoms with E-state index in [-0.39, 0.29) is 11.6 Å². The average molecular weight is 370 g/mol. The SMILES string of the molecule is COc1cc2cc(CN3CCC[C@@H]3c3nc(C)no3)c(=O)[nH]c2cc1OC. The van der Waals surface area contributed by atoms with Crippen LogP contribution in [0.2, 0.25) is 0 Å². The van der Waals surface area contributed by atoms with Gasteiger partial charge in [-0.15, -0.1) is 0 Å². The van der Waals surface area contributed by atoms with E-state index in [9.17, 15) is 4.79 Å². The molecule has 0 amide bonds. The molecule has 1 aliphatic heterocycles. The van der Waals surface area contributed by atoms with Gasteiger partial charge in [-0.2, -0.15) is 4.98 Å². The number of benzene rings is 1. The maximum atomic E-state index is 12.6. The largest absolute Gasteiger partial charge is 0.493 e. The van der Waals surface area contributed by atoms with Crippen LogP contribution in [0.15, 0.2) is 27.5 Å². The van der Waals surface area contributed by atoms with Crippen LogP contribution in [-0.4, -0.2) is 40.8 Å². The van der Waals surface area contributed by atoms with Gasteiger partial charge in [0.25, 0.3) is 5.56 Å². The number of aromatic nitrogens is 3. The minimum absolute atomic E-state index is 0.0479. The summed E-state index contributed by atoms with van der Waals surface area (Å²) in [5, 5.41) is 4.79. The minimum atomic E-state index is -0.109. The summed E-state index contributed by atoms with van der Waals surface area (Å²) in [6.07, 6.45) is 1.97. The second kappa shape index (κ2) is 7.03. The second-order valence-electron chi connectivity index (χ2n) is 6.73. The van der Waals surface area contributed by atoms with Crippen molar-refractivity contribution in [1.29, 1.82) is 0 Å². The number of rotatable bonds is 5. The first-order valence-corrected chi connectivity index (χ1v) is 8.91. The van der Waals surface area contributed by atoms with Gasteiger partial charge in [-0.3, -0.25) is 9.69 Å². The van der Waals surface area contributed by atoms with Crippen LogP contribution in [-0.2, 0) is 6.54 Å².